The molecule has 0 bridgehead atoms. The van der Waals surface area contributed by atoms with Crippen LogP contribution < -0.4 is 5.32 Å². The molecule has 0 aliphatic rings. The molecule has 0 spiro atoms. The number of hydrogen-bond donors (Lipinski definition) is 2. The van der Waals surface area contributed by atoms with Crippen LogP contribution in [0.4, 0.5) is 0 Å². The Bertz CT molecular complexity index is 679. The van der Waals surface area contributed by atoms with Crippen LogP contribution in [0, 0.1) is 12.8 Å². The number of carboxylic acid groups (broad SMARTS) is 1. The number of para-hydroxylation sites is 1. The van der Waals surface area contributed by atoms with Crippen molar-refractivity contribution in [1.29, 1.82) is 0 Å². The quantitative estimate of drug-likeness (QED) is 0.885. The molecule has 0 saturated heterocycles. The molecule has 1 amide bonds. The van der Waals surface area contributed by atoms with Crippen molar-refractivity contribution in [2.75, 3.05) is 0 Å². The SMILES string of the molecule is Cc1nn(-c2ccccc2)cc1C(=O)NC(C)C(C)C(=O)O. The first-order valence-corrected chi connectivity index (χ1v) is 7.05. The summed E-state index contributed by atoms with van der Waals surface area (Å²) in [6, 6.07) is 9.00. The van der Waals surface area contributed by atoms with Crippen LogP contribution >= 0.6 is 0 Å². The maximum atomic E-state index is 12.3. The summed E-state index contributed by atoms with van der Waals surface area (Å²) in [5, 5.41) is 16.0. The van der Waals surface area contributed by atoms with Crippen LogP contribution in [-0.2, 0) is 4.79 Å². The average molecular weight is 301 g/mol. The number of carboxylic acids is 1. The largest absolute Gasteiger partial charge is 0.481 e. The zero-order chi connectivity index (χ0) is 16.3. The number of aliphatic carboxylic acids is 1. The summed E-state index contributed by atoms with van der Waals surface area (Å²) >= 11 is 0. The van der Waals surface area contributed by atoms with Crippen LogP contribution in [0.2, 0.25) is 0 Å². The average Bonchev–Trinajstić information content (AvgIpc) is 2.89. The summed E-state index contributed by atoms with van der Waals surface area (Å²) < 4.78 is 1.63. The van der Waals surface area contributed by atoms with Crippen molar-refractivity contribution in [2.45, 2.75) is 26.8 Å². The minimum absolute atomic E-state index is 0.319. The fourth-order valence-corrected chi connectivity index (χ4v) is 2.02. The molecule has 2 rings (SSSR count). The number of aromatic nitrogens is 2. The number of aryl methyl sites for hydroxylation is 1. The molecule has 0 fully saturated rings. The van der Waals surface area contributed by atoms with Crippen molar-refractivity contribution in [1.82, 2.24) is 15.1 Å². The number of rotatable bonds is 5. The number of benzene rings is 1. The van der Waals surface area contributed by atoms with E-state index in [0.29, 0.717) is 11.3 Å². The van der Waals surface area contributed by atoms with E-state index in [2.05, 4.69) is 10.4 Å². The molecule has 1 aromatic carbocycles. The third-order valence-corrected chi connectivity index (χ3v) is 3.66. The van der Waals surface area contributed by atoms with Crippen molar-refractivity contribution < 1.29 is 14.7 Å². The molecule has 2 aromatic rings. The molecule has 116 valence electrons. The summed E-state index contributed by atoms with van der Waals surface area (Å²) in [4.78, 5) is 23.2. The van der Waals surface area contributed by atoms with Gasteiger partial charge in [-0.15, -0.1) is 0 Å². The molecular formula is C16H19N3O3. The van der Waals surface area contributed by atoms with Crippen molar-refractivity contribution in [3.8, 4) is 5.69 Å². The van der Waals surface area contributed by atoms with Gasteiger partial charge in [0.1, 0.15) is 0 Å². The number of nitrogens with one attached hydrogen (secondary N) is 1. The molecule has 1 aromatic heterocycles. The van der Waals surface area contributed by atoms with Crippen LogP contribution in [0.25, 0.3) is 5.69 Å². The third-order valence-electron chi connectivity index (χ3n) is 3.66. The molecule has 1 heterocycles. The second-order valence-corrected chi connectivity index (χ2v) is 5.30. The number of carbonyl (C=O) groups is 2. The number of carbonyl (C=O) groups excluding carboxylic acids is 1. The molecule has 0 saturated carbocycles. The summed E-state index contributed by atoms with van der Waals surface area (Å²) in [7, 11) is 0. The molecule has 2 unspecified atom stereocenters. The highest BCUT2D eigenvalue weighted by molar-refractivity contribution is 5.95. The lowest BCUT2D eigenvalue weighted by Crippen LogP contribution is -2.40. The summed E-state index contributed by atoms with van der Waals surface area (Å²) in [6.07, 6.45) is 1.65. The predicted molar refractivity (Wildman–Crippen MR) is 82.0 cm³/mol. The van der Waals surface area contributed by atoms with Gasteiger partial charge in [0.05, 0.1) is 22.9 Å². The Balaban J connectivity index is 2.18. The lowest BCUT2D eigenvalue weighted by molar-refractivity contribution is -0.141. The molecule has 0 aliphatic carbocycles. The van der Waals surface area contributed by atoms with Gasteiger partial charge in [-0.2, -0.15) is 5.10 Å². The second-order valence-electron chi connectivity index (χ2n) is 5.30. The second kappa shape index (κ2) is 6.43. The minimum Gasteiger partial charge on any atom is -0.481 e. The zero-order valence-corrected chi connectivity index (χ0v) is 12.8. The molecule has 6 heteroatoms. The molecule has 2 atom stereocenters. The monoisotopic (exact) mass is 301 g/mol. The molecule has 0 aliphatic heterocycles. The fraction of sp³-hybridized carbons (Fsp3) is 0.312. The zero-order valence-electron chi connectivity index (χ0n) is 12.8. The number of hydrogen-bond acceptors (Lipinski definition) is 3. The van der Waals surface area contributed by atoms with E-state index in [9.17, 15) is 9.59 Å². The van der Waals surface area contributed by atoms with Crippen molar-refractivity contribution >= 4 is 11.9 Å². The van der Waals surface area contributed by atoms with Gasteiger partial charge in [0.15, 0.2) is 0 Å². The van der Waals surface area contributed by atoms with Gasteiger partial charge in [-0.3, -0.25) is 9.59 Å². The smallest absolute Gasteiger partial charge is 0.308 e. The maximum absolute atomic E-state index is 12.3. The first-order valence-electron chi connectivity index (χ1n) is 7.05. The first-order chi connectivity index (χ1) is 10.4. The Hall–Kier alpha value is -2.63. The summed E-state index contributed by atoms with van der Waals surface area (Å²) in [5.41, 5.74) is 1.89. The minimum atomic E-state index is -0.940. The summed E-state index contributed by atoms with van der Waals surface area (Å²) in [6.45, 7) is 4.99. The third kappa shape index (κ3) is 3.33. The van der Waals surface area contributed by atoms with Gasteiger partial charge in [0, 0.05) is 12.2 Å². The molecule has 0 radical (unpaired) electrons. The number of amides is 1. The van der Waals surface area contributed by atoms with Gasteiger partial charge in [-0.1, -0.05) is 18.2 Å². The normalized spacial score (nSPS) is 13.4. The van der Waals surface area contributed by atoms with Gasteiger partial charge in [-0.25, -0.2) is 4.68 Å². The Morgan fingerprint density at radius 2 is 1.86 bits per heavy atom. The van der Waals surface area contributed by atoms with E-state index in [0.717, 1.165) is 5.69 Å². The van der Waals surface area contributed by atoms with E-state index in [1.54, 1.807) is 31.6 Å². The Labute approximate surface area is 128 Å². The lowest BCUT2D eigenvalue weighted by Gasteiger charge is -2.17. The molecule has 6 nitrogen and oxygen atoms in total. The van der Waals surface area contributed by atoms with Gasteiger partial charge in [-0.05, 0) is 32.9 Å². The lowest BCUT2D eigenvalue weighted by atomic mass is 10.0. The van der Waals surface area contributed by atoms with Crippen molar-refractivity contribution in [2.24, 2.45) is 5.92 Å². The van der Waals surface area contributed by atoms with Crippen LogP contribution in [0.15, 0.2) is 36.5 Å². The molecule has 2 N–H and O–H groups in total. The fourth-order valence-electron chi connectivity index (χ4n) is 2.02. The predicted octanol–water partition coefficient (Wildman–Crippen LogP) is 2.02. The van der Waals surface area contributed by atoms with E-state index in [4.69, 9.17) is 5.11 Å². The van der Waals surface area contributed by atoms with Crippen LogP contribution in [0.5, 0.6) is 0 Å². The highest BCUT2D eigenvalue weighted by Gasteiger charge is 2.23. The molecule has 22 heavy (non-hydrogen) atoms. The van der Waals surface area contributed by atoms with Gasteiger partial charge in [0.2, 0.25) is 0 Å². The van der Waals surface area contributed by atoms with E-state index < -0.39 is 17.9 Å². The Morgan fingerprint density at radius 1 is 1.23 bits per heavy atom. The molecular weight excluding hydrogens is 282 g/mol. The highest BCUT2D eigenvalue weighted by atomic mass is 16.4. The maximum Gasteiger partial charge on any atom is 0.308 e. The van der Waals surface area contributed by atoms with E-state index in [1.165, 1.54) is 0 Å². The van der Waals surface area contributed by atoms with Gasteiger partial charge >= 0.3 is 5.97 Å². The topological polar surface area (TPSA) is 84.2 Å². The van der Waals surface area contributed by atoms with Crippen molar-refractivity contribution in [3.05, 3.63) is 47.8 Å². The van der Waals surface area contributed by atoms with Crippen molar-refractivity contribution in [3.63, 3.8) is 0 Å². The van der Waals surface area contributed by atoms with E-state index in [-0.39, 0.29) is 5.91 Å². The standard InChI is InChI=1S/C16H19N3O3/c1-10(16(21)22)11(2)17-15(20)14-9-19(18-12(14)3)13-7-5-4-6-8-13/h4-11H,1-3H3,(H,17,20)(H,21,22). The van der Waals surface area contributed by atoms with Crippen LogP contribution in [0.1, 0.15) is 29.9 Å². The first kappa shape index (κ1) is 15.8. The summed E-state index contributed by atoms with van der Waals surface area (Å²) in [5.74, 6) is -1.92. The van der Waals surface area contributed by atoms with Crippen LogP contribution in [-0.4, -0.2) is 32.8 Å². The number of nitrogens with zero attached hydrogens (tertiary/aromatic N) is 2. The van der Waals surface area contributed by atoms with Gasteiger partial charge < -0.3 is 10.4 Å². The Morgan fingerprint density at radius 3 is 2.45 bits per heavy atom. The van der Waals surface area contributed by atoms with E-state index in [1.807, 2.05) is 30.3 Å². The Kier molecular flexibility index (Phi) is 4.60. The van der Waals surface area contributed by atoms with Crippen LogP contribution in [0.3, 0.4) is 0 Å². The highest BCUT2D eigenvalue weighted by Crippen LogP contribution is 2.12. The van der Waals surface area contributed by atoms with Gasteiger partial charge in [0.25, 0.3) is 5.91 Å². The van der Waals surface area contributed by atoms with E-state index >= 15 is 0 Å².